The number of aliphatic hydroxyl groups excluding tert-OH is 1. The summed E-state index contributed by atoms with van der Waals surface area (Å²) in [5, 5.41) is 11.5. The predicted octanol–water partition coefficient (Wildman–Crippen LogP) is 3.62. The zero-order valence-corrected chi connectivity index (χ0v) is 12.0. The molecule has 0 spiro atoms. The molecular weight excluding hydrogens is 261 g/mol. The average molecular weight is 279 g/mol. The van der Waals surface area contributed by atoms with E-state index in [9.17, 15) is 9.50 Å². The van der Waals surface area contributed by atoms with Gasteiger partial charge in [-0.25, -0.2) is 4.39 Å². The summed E-state index contributed by atoms with van der Waals surface area (Å²) in [4.78, 5) is 3.20. The molecule has 0 saturated carbocycles. The molecule has 0 amide bonds. The van der Waals surface area contributed by atoms with Crippen LogP contribution in [0.15, 0.2) is 35.7 Å². The highest BCUT2D eigenvalue weighted by molar-refractivity contribution is 7.09. The Hall–Kier alpha value is -1.39. The fraction of sp³-hybridized carbons (Fsp3) is 0.333. The third-order valence-electron chi connectivity index (χ3n) is 3.14. The molecule has 0 aliphatic rings. The van der Waals surface area contributed by atoms with Crippen LogP contribution in [0, 0.1) is 5.82 Å². The SMILES string of the molecule is C[C@H](O)c1ccc(N(C)CCc2cccs2)c(F)c1. The normalized spacial score (nSPS) is 12.4. The van der Waals surface area contributed by atoms with Crippen molar-refractivity contribution in [2.75, 3.05) is 18.5 Å². The quantitative estimate of drug-likeness (QED) is 0.903. The van der Waals surface area contributed by atoms with E-state index in [1.807, 2.05) is 23.4 Å². The van der Waals surface area contributed by atoms with Crippen LogP contribution < -0.4 is 4.90 Å². The van der Waals surface area contributed by atoms with Crippen LogP contribution in [0.2, 0.25) is 0 Å². The van der Waals surface area contributed by atoms with Gasteiger partial charge in [0.2, 0.25) is 0 Å². The number of hydrogen-bond donors (Lipinski definition) is 1. The number of likely N-dealkylation sites (N-methyl/N-ethyl adjacent to an activating group) is 1. The summed E-state index contributed by atoms with van der Waals surface area (Å²) in [7, 11) is 1.88. The summed E-state index contributed by atoms with van der Waals surface area (Å²) in [6, 6.07) is 9.02. The minimum Gasteiger partial charge on any atom is -0.389 e. The van der Waals surface area contributed by atoms with E-state index in [0.29, 0.717) is 11.3 Å². The van der Waals surface area contributed by atoms with Crippen molar-refractivity contribution in [3.63, 3.8) is 0 Å². The highest BCUT2D eigenvalue weighted by atomic mass is 32.1. The first kappa shape index (κ1) is 14.0. The van der Waals surface area contributed by atoms with Gasteiger partial charge in [-0.1, -0.05) is 12.1 Å². The summed E-state index contributed by atoms with van der Waals surface area (Å²) in [6.45, 7) is 2.40. The van der Waals surface area contributed by atoms with E-state index in [0.717, 1.165) is 13.0 Å². The van der Waals surface area contributed by atoms with Gasteiger partial charge in [-0.3, -0.25) is 0 Å². The highest BCUT2D eigenvalue weighted by Crippen LogP contribution is 2.23. The molecule has 2 nitrogen and oxygen atoms in total. The average Bonchev–Trinajstić information content (AvgIpc) is 2.88. The molecule has 0 aliphatic carbocycles. The van der Waals surface area contributed by atoms with Crippen molar-refractivity contribution in [2.24, 2.45) is 0 Å². The van der Waals surface area contributed by atoms with Gasteiger partial charge in [0.05, 0.1) is 11.8 Å². The maximum atomic E-state index is 14.0. The van der Waals surface area contributed by atoms with Gasteiger partial charge in [0, 0.05) is 18.5 Å². The largest absolute Gasteiger partial charge is 0.389 e. The lowest BCUT2D eigenvalue weighted by Crippen LogP contribution is -2.21. The van der Waals surface area contributed by atoms with E-state index in [4.69, 9.17) is 0 Å². The van der Waals surface area contributed by atoms with E-state index in [1.165, 1.54) is 10.9 Å². The molecule has 1 aromatic heterocycles. The van der Waals surface area contributed by atoms with Gasteiger partial charge in [0.25, 0.3) is 0 Å². The standard InChI is InChI=1S/C15H18FNOS/c1-11(18)12-5-6-15(14(16)10-12)17(2)8-7-13-4-3-9-19-13/h3-6,9-11,18H,7-8H2,1-2H3/t11-/m0/s1. The molecule has 2 aromatic rings. The monoisotopic (exact) mass is 279 g/mol. The Bertz CT molecular complexity index is 525. The van der Waals surface area contributed by atoms with Gasteiger partial charge >= 0.3 is 0 Å². The summed E-state index contributed by atoms with van der Waals surface area (Å²) < 4.78 is 14.0. The first-order valence-corrected chi connectivity index (χ1v) is 7.17. The maximum absolute atomic E-state index is 14.0. The number of benzene rings is 1. The van der Waals surface area contributed by atoms with Crippen LogP contribution in [0.5, 0.6) is 0 Å². The number of anilines is 1. The minimum absolute atomic E-state index is 0.285. The van der Waals surface area contributed by atoms with Crippen molar-refractivity contribution in [3.8, 4) is 0 Å². The smallest absolute Gasteiger partial charge is 0.146 e. The molecule has 1 N–H and O–H groups in total. The molecule has 0 saturated heterocycles. The van der Waals surface area contributed by atoms with Crippen molar-refractivity contribution in [3.05, 3.63) is 52.0 Å². The molecule has 4 heteroatoms. The minimum atomic E-state index is -0.639. The Morgan fingerprint density at radius 3 is 2.74 bits per heavy atom. The van der Waals surface area contributed by atoms with E-state index < -0.39 is 6.10 Å². The van der Waals surface area contributed by atoms with Crippen LogP contribution in [0.4, 0.5) is 10.1 Å². The first-order chi connectivity index (χ1) is 9.08. The molecule has 1 aromatic carbocycles. The van der Waals surface area contributed by atoms with Crippen molar-refractivity contribution >= 4 is 17.0 Å². The topological polar surface area (TPSA) is 23.5 Å². The van der Waals surface area contributed by atoms with E-state index in [1.54, 1.807) is 30.4 Å². The summed E-state index contributed by atoms with van der Waals surface area (Å²) in [6.07, 6.45) is 0.270. The van der Waals surface area contributed by atoms with Crippen LogP contribution in [0.3, 0.4) is 0 Å². The molecule has 1 heterocycles. The van der Waals surface area contributed by atoms with Gasteiger partial charge in [-0.05, 0) is 42.5 Å². The number of rotatable bonds is 5. The predicted molar refractivity (Wildman–Crippen MR) is 78.3 cm³/mol. The fourth-order valence-electron chi connectivity index (χ4n) is 1.95. The Balaban J connectivity index is 2.04. The van der Waals surface area contributed by atoms with E-state index in [-0.39, 0.29) is 5.82 Å². The molecular formula is C15H18FNOS. The lowest BCUT2D eigenvalue weighted by Gasteiger charge is -2.20. The molecule has 2 rings (SSSR count). The molecule has 0 unspecified atom stereocenters. The molecule has 0 aliphatic heterocycles. The number of hydrogen-bond acceptors (Lipinski definition) is 3. The van der Waals surface area contributed by atoms with Gasteiger partial charge in [0.15, 0.2) is 0 Å². The first-order valence-electron chi connectivity index (χ1n) is 6.29. The number of nitrogens with zero attached hydrogens (tertiary/aromatic N) is 1. The lowest BCUT2D eigenvalue weighted by molar-refractivity contribution is 0.199. The number of thiophene rings is 1. The number of halogens is 1. The third kappa shape index (κ3) is 3.55. The fourth-order valence-corrected chi connectivity index (χ4v) is 2.64. The van der Waals surface area contributed by atoms with Crippen molar-refractivity contribution in [2.45, 2.75) is 19.4 Å². The van der Waals surface area contributed by atoms with E-state index >= 15 is 0 Å². The van der Waals surface area contributed by atoms with Crippen LogP contribution in [-0.4, -0.2) is 18.7 Å². The second kappa shape index (κ2) is 6.17. The van der Waals surface area contributed by atoms with Crippen molar-refractivity contribution in [1.29, 1.82) is 0 Å². The van der Waals surface area contributed by atoms with Crippen LogP contribution >= 0.6 is 11.3 Å². The zero-order chi connectivity index (χ0) is 13.8. The molecule has 0 bridgehead atoms. The van der Waals surface area contributed by atoms with Crippen molar-refractivity contribution < 1.29 is 9.50 Å². The van der Waals surface area contributed by atoms with Gasteiger partial charge in [-0.2, -0.15) is 0 Å². The zero-order valence-electron chi connectivity index (χ0n) is 11.1. The van der Waals surface area contributed by atoms with Gasteiger partial charge in [0.1, 0.15) is 5.82 Å². The Labute approximate surface area is 117 Å². The lowest BCUT2D eigenvalue weighted by atomic mass is 10.1. The molecule has 1 atom stereocenters. The van der Waals surface area contributed by atoms with Crippen LogP contribution in [0.25, 0.3) is 0 Å². The molecule has 19 heavy (non-hydrogen) atoms. The second-order valence-electron chi connectivity index (χ2n) is 4.64. The summed E-state index contributed by atoms with van der Waals surface area (Å²) in [5.41, 5.74) is 1.17. The molecule has 0 radical (unpaired) electrons. The highest BCUT2D eigenvalue weighted by Gasteiger charge is 2.10. The van der Waals surface area contributed by atoms with E-state index in [2.05, 4.69) is 6.07 Å². The van der Waals surface area contributed by atoms with Gasteiger partial charge < -0.3 is 10.0 Å². The van der Waals surface area contributed by atoms with Crippen LogP contribution in [-0.2, 0) is 6.42 Å². The summed E-state index contributed by atoms with van der Waals surface area (Å²) in [5.74, 6) is -0.285. The summed E-state index contributed by atoms with van der Waals surface area (Å²) >= 11 is 1.72. The maximum Gasteiger partial charge on any atom is 0.146 e. The van der Waals surface area contributed by atoms with Gasteiger partial charge in [-0.15, -0.1) is 11.3 Å². The molecule has 102 valence electrons. The second-order valence-corrected chi connectivity index (χ2v) is 5.67. The Morgan fingerprint density at radius 2 is 2.16 bits per heavy atom. The Morgan fingerprint density at radius 1 is 1.37 bits per heavy atom. The van der Waals surface area contributed by atoms with Crippen LogP contribution in [0.1, 0.15) is 23.5 Å². The molecule has 0 fully saturated rings. The Kier molecular flexibility index (Phi) is 4.56. The number of aliphatic hydroxyl groups is 1. The third-order valence-corrected chi connectivity index (χ3v) is 4.08. The van der Waals surface area contributed by atoms with Crippen molar-refractivity contribution in [1.82, 2.24) is 0 Å².